The lowest BCUT2D eigenvalue weighted by Crippen LogP contribution is -2.35. The molecule has 2 aromatic rings. The average molecular weight is 1320 g/mol. The second-order valence-corrected chi connectivity index (χ2v) is 26.2. The van der Waals surface area contributed by atoms with Crippen LogP contribution in [0.4, 0.5) is 5.69 Å². The zero-order chi connectivity index (χ0) is 64.9. The van der Waals surface area contributed by atoms with Gasteiger partial charge in [0.1, 0.15) is 24.7 Å². The summed E-state index contributed by atoms with van der Waals surface area (Å²) in [4.78, 5) is 18.3. The number of rotatable bonds is 45. The van der Waals surface area contributed by atoms with Crippen LogP contribution in [-0.4, -0.2) is 224 Å². The van der Waals surface area contributed by atoms with Gasteiger partial charge in [-0.3, -0.25) is 13.7 Å². The quantitative estimate of drug-likeness (QED) is 0.0233. The molecule has 3 heterocycles. The Labute approximate surface area is 521 Å². The Morgan fingerprint density at radius 3 is 1.67 bits per heavy atom. The maximum Gasteiger partial charge on any atom is 0.335 e. The molecular weight excluding hydrogens is 1230 g/mol. The third kappa shape index (κ3) is 26.4. The van der Waals surface area contributed by atoms with Crippen LogP contribution in [0.2, 0.25) is 0 Å². The number of carbonyl (C=O) groups is 1. The SMILES string of the molecule is COCCOCCOCCOCCOCC[N+](CCCS(=O)(=O)O)=c1ccc2c(C(C)(C)C)cc(C=CC=C3N(CCOCCOCCOCCOCCOCCC(=O)On4c(O)ccc4O)c4ccc(S(=O)(=O)O)cc4C3(C)CCCS(=O)(=O)O)oc-2c1. The molecule has 0 fully saturated rings. The highest BCUT2D eigenvalue weighted by atomic mass is 32.2. The Morgan fingerprint density at radius 1 is 0.629 bits per heavy atom. The fourth-order valence-electron chi connectivity index (χ4n) is 9.45. The van der Waals surface area contributed by atoms with Gasteiger partial charge < -0.3 is 71.7 Å². The van der Waals surface area contributed by atoms with Crippen LogP contribution in [0.5, 0.6) is 11.8 Å². The molecule has 1 aromatic heterocycles. The lowest BCUT2D eigenvalue weighted by molar-refractivity contribution is -0.146. The van der Waals surface area contributed by atoms with Crippen molar-refractivity contribution in [1.82, 2.24) is 9.31 Å². The zero-order valence-electron chi connectivity index (χ0n) is 51.3. The summed E-state index contributed by atoms with van der Waals surface area (Å²) in [7, 11) is -11.7. The third-order valence-corrected chi connectivity index (χ3v) is 16.3. The summed E-state index contributed by atoms with van der Waals surface area (Å²) in [6.07, 6.45) is 5.51. The minimum atomic E-state index is -4.67. The molecular formula is C59H88N3O24S3+. The van der Waals surface area contributed by atoms with Gasteiger partial charge in [-0.2, -0.15) is 25.3 Å². The first-order valence-electron chi connectivity index (χ1n) is 29.2. The first-order valence-corrected chi connectivity index (χ1v) is 33.8. The predicted octanol–water partition coefficient (Wildman–Crippen LogP) is 4.38. The van der Waals surface area contributed by atoms with Crippen molar-refractivity contribution >= 4 is 48.1 Å². The van der Waals surface area contributed by atoms with Gasteiger partial charge in [0.05, 0.1) is 148 Å². The Hall–Kier alpha value is -5.39. The first kappa shape index (κ1) is 74.3. The van der Waals surface area contributed by atoms with Gasteiger partial charge in [-0.15, -0.1) is 4.73 Å². The molecule has 0 saturated carbocycles. The predicted molar refractivity (Wildman–Crippen MR) is 327 cm³/mol. The Balaban J connectivity index is 1.25. The molecule has 89 heavy (non-hydrogen) atoms. The van der Waals surface area contributed by atoms with Gasteiger partial charge in [-0.1, -0.05) is 26.8 Å². The molecule has 2 aliphatic heterocycles. The van der Waals surface area contributed by atoms with E-state index in [9.17, 15) is 53.9 Å². The van der Waals surface area contributed by atoms with Crippen LogP contribution in [0, 0.1) is 0 Å². The van der Waals surface area contributed by atoms with E-state index in [4.69, 9.17) is 56.6 Å². The van der Waals surface area contributed by atoms with E-state index in [0.29, 0.717) is 105 Å². The topological polar surface area (TPSA) is 346 Å². The molecule has 0 amide bonds. The highest BCUT2D eigenvalue weighted by molar-refractivity contribution is 7.86. The van der Waals surface area contributed by atoms with E-state index in [1.54, 1.807) is 25.3 Å². The van der Waals surface area contributed by atoms with Gasteiger partial charge in [-0.25, -0.2) is 9.37 Å². The molecule has 0 bridgehead atoms. The highest BCUT2D eigenvalue weighted by Gasteiger charge is 2.44. The number of allylic oxidation sites excluding steroid dienone is 3. The normalized spacial score (nSPS) is 15.7. The summed E-state index contributed by atoms with van der Waals surface area (Å²) in [6, 6.07) is 14.3. The lowest BCUT2D eigenvalue weighted by Gasteiger charge is -2.30. The molecule has 0 radical (unpaired) electrons. The van der Waals surface area contributed by atoms with Crippen LogP contribution in [0.15, 0.2) is 81.8 Å². The third-order valence-electron chi connectivity index (χ3n) is 13.8. The number of benzene rings is 2. The van der Waals surface area contributed by atoms with Gasteiger partial charge in [0, 0.05) is 60.6 Å². The van der Waals surface area contributed by atoms with Crippen LogP contribution in [0.1, 0.15) is 70.3 Å². The molecule has 30 heteroatoms. The van der Waals surface area contributed by atoms with E-state index in [0.717, 1.165) is 11.1 Å². The van der Waals surface area contributed by atoms with Crippen molar-refractivity contribution in [2.45, 2.75) is 69.1 Å². The summed E-state index contributed by atoms with van der Waals surface area (Å²) in [6.45, 7) is 14.8. The van der Waals surface area contributed by atoms with Gasteiger partial charge in [0.15, 0.2) is 6.54 Å². The summed E-state index contributed by atoms with van der Waals surface area (Å²) >= 11 is 0. The molecule has 1 atom stereocenters. The molecule has 500 valence electrons. The Morgan fingerprint density at radius 2 is 1.15 bits per heavy atom. The highest BCUT2D eigenvalue weighted by Crippen LogP contribution is 2.51. The number of hydrogen-bond donors (Lipinski definition) is 5. The molecule has 0 spiro atoms. The van der Waals surface area contributed by atoms with E-state index in [1.807, 2.05) is 46.7 Å². The second-order valence-electron chi connectivity index (χ2n) is 21.6. The van der Waals surface area contributed by atoms with E-state index in [2.05, 4.69) is 20.8 Å². The van der Waals surface area contributed by atoms with Gasteiger partial charge in [-0.05, 0) is 78.8 Å². The maximum absolute atomic E-state index is 12.5. The lowest BCUT2D eigenvalue weighted by atomic mass is 9.77. The zero-order valence-corrected chi connectivity index (χ0v) is 53.7. The Kier molecular flexibility index (Phi) is 31.1. The minimum Gasteiger partial charge on any atom is -0.492 e. The number of nitrogens with zero attached hydrogens (tertiary/aromatic N) is 3. The molecule has 0 saturated heterocycles. The first-order chi connectivity index (χ1) is 42.3. The number of aromatic nitrogens is 1. The molecule has 5 N–H and O–H groups in total. The van der Waals surface area contributed by atoms with Gasteiger partial charge in [0.2, 0.25) is 17.1 Å². The fourth-order valence-corrected chi connectivity index (χ4v) is 11.0. The van der Waals surface area contributed by atoms with Crippen LogP contribution in [0.25, 0.3) is 17.4 Å². The van der Waals surface area contributed by atoms with Gasteiger partial charge >= 0.3 is 5.97 Å². The van der Waals surface area contributed by atoms with Crippen molar-refractivity contribution < 1.29 is 111 Å². The number of methoxy groups -OCH3 is 1. The Bertz CT molecular complexity index is 3250. The summed E-state index contributed by atoms with van der Waals surface area (Å²) in [5.41, 5.74) is 2.07. The van der Waals surface area contributed by atoms with Gasteiger partial charge in [0.25, 0.3) is 30.4 Å². The molecule has 3 aliphatic rings. The van der Waals surface area contributed by atoms with Crippen molar-refractivity contribution in [1.29, 1.82) is 0 Å². The number of aromatic hydroxyl groups is 2. The van der Waals surface area contributed by atoms with E-state index in [-0.39, 0.29) is 115 Å². The largest absolute Gasteiger partial charge is 0.492 e. The molecule has 1 unspecified atom stereocenters. The molecule has 1 aliphatic carbocycles. The van der Waals surface area contributed by atoms with Crippen molar-refractivity contribution in [2.24, 2.45) is 0 Å². The van der Waals surface area contributed by atoms with Crippen LogP contribution < -0.4 is 19.7 Å². The van der Waals surface area contributed by atoms with Crippen molar-refractivity contribution in [3.05, 3.63) is 94.7 Å². The van der Waals surface area contributed by atoms with Crippen LogP contribution >= 0.6 is 0 Å². The summed E-state index contributed by atoms with van der Waals surface area (Å²) in [5, 5.41) is 19.8. The smallest absolute Gasteiger partial charge is 0.335 e. The number of fused-ring (bicyclic) bond motifs is 2. The number of anilines is 1. The van der Waals surface area contributed by atoms with Crippen LogP contribution in [0.3, 0.4) is 0 Å². The molecule has 5 rings (SSSR count). The van der Waals surface area contributed by atoms with Crippen molar-refractivity contribution in [3.8, 4) is 23.1 Å². The van der Waals surface area contributed by atoms with E-state index in [1.165, 1.54) is 24.3 Å². The number of hydrogen-bond acceptors (Lipinski definition) is 22. The maximum atomic E-state index is 12.5. The molecule has 27 nitrogen and oxygen atoms in total. The summed E-state index contributed by atoms with van der Waals surface area (Å²) < 4.78 is 167. The van der Waals surface area contributed by atoms with E-state index >= 15 is 0 Å². The van der Waals surface area contributed by atoms with Crippen LogP contribution in [-0.2, 0) is 93.3 Å². The summed E-state index contributed by atoms with van der Waals surface area (Å²) in [5.74, 6) is -1.57. The van der Waals surface area contributed by atoms with Crippen molar-refractivity contribution in [2.75, 3.05) is 169 Å². The monoisotopic (exact) mass is 1320 g/mol. The van der Waals surface area contributed by atoms with E-state index < -0.39 is 65.0 Å². The van der Waals surface area contributed by atoms with Crippen molar-refractivity contribution in [3.63, 3.8) is 0 Å². The number of carbonyl (C=O) groups excluding carboxylic acids is 1. The number of ether oxygens (including phenoxy) is 10. The second kappa shape index (κ2) is 37.2. The minimum absolute atomic E-state index is 0.00712. The fraction of sp³-hybridized carbons (Fsp3) is 0.593. The molecule has 1 aromatic carbocycles. The average Bonchev–Trinajstić information content (AvgIpc) is 1.62. The standard InChI is InChI=1S/C59H87N3O24S3/c1-58(2,3)50-44-47(85-53-43-46(11-13-49(50)53)60(19-8-42-88(69,70)71)20-23-77-28-31-81-36-39-83-34-33-79-26-25-75-5)9-6-10-54-59(4,18-7-41-87(66,67)68)51-45-48(89(72,73)74)12-14-52(51)61(54)21-24-78-29-32-82-37-40-84-38-35-80-30-27-76-22-17-57(65)86-62-55(63)15-16-56(62)64/h6,9-16,43-45H,7-8,17-42H2,1-5H3,(H4-,63,64,66,67,68,69,70,71,72,73,74)/p+1.